The SMILES string of the molecule is COc1ccc(C=CC(=O)c2cccc(OC3CC3)c2)c(OC)c1. The highest BCUT2D eigenvalue weighted by Crippen LogP contribution is 2.28. The summed E-state index contributed by atoms with van der Waals surface area (Å²) in [6.45, 7) is 0. The molecular weight excluding hydrogens is 304 g/mol. The van der Waals surface area contributed by atoms with Gasteiger partial charge in [-0.15, -0.1) is 0 Å². The van der Waals surface area contributed by atoms with Crippen LogP contribution in [0.2, 0.25) is 0 Å². The summed E-state index contributed by atoms with van der Waals surface area (Å²) >= 11 is 0. The van der Waals surface area contributed by atoms with Crippen molar-refractivity contribution in [2.75, 3.05) is 14.2 Å². The first kappa shape index (κ1) is 16.1. The maximum Gasteiger partial charge on any atom is 0.185 e. The standard InChI is InChI=1S/C20H20O4/c1-22-17-8-6-14(20(13-17)23-2)7-11-19(21)15-4-3-5-18(12-15)24-16-9-10-16/h3-8,11-13,16H,9-10H2,1-2H3. The van der Waals surface area contributed by atoms with Gasteiger partial charge >= 0.3 is 0 Å². The van der Waals surface area contributed by atoms with Crippen molar-refractivity contribution in [2.24, 2.45) is 0 Å². The molecule has 2 aromatic carbocycles. The van der Waals surface area contributed by atoms with E-state index in [1.807, 2.05) is 24.3 Å². The lowest BCUT2D eigenvalue weighted by Gasteiger charge is -2.07. The molecule has 4 heteroatoms. The van der Waals surface area contributed by atoms with Crippen molar-refractivity contribution in [1.82, 2.24) is 0 Å². The molecular formula is C20H20O4. The molecule has 0 aliphatic heterocycles. The summed E-state index contributed by atoms with van der Waals surface area (Å²) in [6, 6.07) is 12.8. The summed E-state index contributed by atoms with van der Waals surface area (Å²) in [6.07, 6.45) is 5.79. The Labute approximate surface area is 141 Å². The van der Waals surface area contributed by atoms with Gasteiger partial charge in [0.2, 0.25) is 0 Å². The Hall–Kier alpha value is -2.75. The van der Waals surface area contributed by atoms with Crippen LogP contribution in [-0.2, 0) is 0 Å². The summed E-state index contributed by atoms with van der Waals surface area (Å²) in [5.41, 5.74) is 1.42. The number of rotatable bonds is 7. The fourth-order valence-corrected chi connectivity index (χ4v) is 2.32. The minimum atomic E-state index is -0.0749. The largest absolute Gasteiger partial charge is 0.497 e. The Balaban J connectivity index is 1.75. The third-order valence-corrected chi connectivity index (χ3v) is 3.80. The third kappa shape index (κ3) is 3.96. The number of carbonyl (C=O) groups is 1. The maximum absolute atomic E-state index is 12.4. The predicted molar refractivity (Wildman–Crippen MR) is 93.0 cm³/mol. The first-order chi connectivity index (χ1) is 11.7. The summed E-state index contributed by atoms with van der Waals surface area (Å²) in [5, 5.41) is 0. The van der Waals surface area contributed by atoms with Gasteiger partial charge in [0.25, 0.3) is 0 Å². The van der Waals surface area contributed by atoms with E-state index < -0.39 is 0 Å². The summed E-state index contributed by atoms with van der Waals surface area (Å²) < 4.78 is 16.2. The monoisotopic (exact) mass is 324 g/mol. The van der Waals surface area contributed by atoms with Crippen LogP contribution < -0.4 is 14.2 Å². The van der Waals surface area contributed by atoms with Gasteiger partial charge in [-0.2, -0.15) is 0 Å². The predicted octanol–water partition coefficient (Wildman–Crippen LogP) is 4.14. The van der Waals surface area contributed by atoms with Gasteiger partial charge in [0.1, 0.15) is 17.2 Å². The average Bonchev–Trinajstić information content (AvgIpc) is 3.43. The number of hydrogen-bond donors (Lipinski definition) is 0. The lowest BCUT2D eigenvalue weighted by Crippen LogP contribution is -1.99. The van der Waals surface area contributed by atoms with E-state index in [-0.39, 0.29) is 5.78 Å². The van der Waals surface area contributed by atoms with Crippen LogP contribution in [0.5, 0.6) is 17.2 Å². The van der Waals surface area contributed by atoms with E-state index in [0.29, 0.717) is 23.2 Å². The minimum Gasteiger partial charge on any atom is -0.497 e. The van der Waals surface area contributed by atoms with Crippen molar-refractivity contribution in [1.29, 1.82) is 0 Å². The molecule has 1 fully saturated rings. The molecule has 0 bridgehead atoms. The van der Waals surface area contributed by atoms with E-state index in [4.69, 9.17) is 14.2 Å². The lowest BCUT2D eigenvalue weighted by molar-refractivity contribution is 0.104. The quantitative estimate of drug-likeness (QED) is 0.567. The number of benzene rings is 2. The average molecular weight is 324 g/mol. The number of methoxy groups -OCH3 is 2. The first-order valence-corrected chi connectivity index (χ1v) is 7.91. The van der Waals surface area contributed by atoms with E-state index in [9.17, 15) is 4.79 Å². The number of carbonyl (C=O) groups excluding carboxylic acids is 1. The molecule has 24 heavy (non-hydrogen) atoms. The zero-order chi connectivity index (χ0) is 16.9. The molecule has 0 amide bonds. The molecule has 1 aliphatic rings. The zero-order valence-corrected chi connectivity index (χ0v) is 13.8. The van der Waals surface area contributed by atoms with Crippen LogP contribution in [0.4, 0.5) is 0 Å². The van der Waals surface area contributed by atoms with E-state index in [1.165, 1.54) is 0 Å². The first-order valence-electron chi connectivity index (χ1n) is 7.91. The highest BCUT2D eigenvalue weighted by Gasteiger charge is 2.23. The molecule has 2 aromatic rings. The van der Waals surface area contributed by atoms with Crippen LogP contribution in [0.1, 0.15) is 28.8 Å². The van der Waals surface area contributed by atoms with Crippen LogP contribution >= 0.6 is 0 Å². The number of ketones is 1. The Bertz CT molecular complexity index is 760. The summed E-state index contributed by atoms with van der Waals surface area (Å²) in [4.78, 5) is 12.4. The van der Waals surface area contributed by atoms with Crippen molar-refractivity contribution in [2.45, 2.75) is 18.9 Å². The summed E-state index contributed by atoms with van der Waals surface area (Å²) in [7, 11) is 3.19. The van der Waals surface area contributed by atoms with E-state index in [2.05, 4.69) is 0 Å². The van der Waals surface area contributed by atoms with E-state index in [1.54, 1.807) is 44.6 Å². The molecule has 0 aromatic heterocycles. The van der Waals surface area contributed by atoms with Gasteiger partial charge in [-0.05, 0) is 49.3 Å². The van der Waals surface area contributed by atoms with Crippen LogP contribution in [-0.4, -0.2) is 26.1 Å². The van der Waals surface area contributed by atoms with Gasteiger partial charge in [-0.3, -0.25) is 4.79 Å². The topological polar surface area (TPSA) is 44.8 Å². The zero-order valence-electron chi connectivity index (χ0n) is 13.8. The Kier molecular flexibility index (Phi) is 4.85. The molecule has 1 aliphatic carbocycles. The number of ether oxygens (including phenoxy) is 3. The Morgan fingerprint density at radius 1 is 1.04 bits per heavy atom. The molecule has 0 radical (unpaired) electrons. The molecule has 0 atom stereocenters. The van der Waals surface area contributed by atoms with Crippen LogP contribution in [0, 0.1) is 0 Å². The third-order valence-electron chi connectivity index (χ3n) is 3.80. The normalized spacial score (nSPS) is 13.8. The van der Waals surface area contributed by atoms with Gasteiger partial charge in [0, 0.05) is 17.2 Å². The van der Waals surface area contributed by atoms with Crippen LogP contribution in [0.15, 0.2) is 48.5 Å². The molecule has 1 saturated carbocycles. The van der Waals surface area contributed by atoms with Gasteiger partial charge in [-0.1, -0.05) is 12.1 Å². The van der Waals surface area contributed by atoms with Gasteiger partial charge < -0.3 is 14.2 Å². The molecule has 0 saturated heterocycles. The van der Waals surface area contributed by atoms with Crippen molar-refractivity contribution in [3.05, 3.63) is 59.7 Å². The Morgan fingerprint density at radius 2 is 1.88 bits per heavy atom. The minimum absolute atomic E-state index is 0.0749. The molecule has 4 nitrogen and oxygen atoms in total. The van der Waals surface area contributed by atoms with E-state index in [0.717, 1.165) is 24.2 Å². The molecule has 0 N–H and O–H groups in total. The summed E-state index contributed by atoms with van der Waals surface area (Å²) in [5.74, 6) is 2.04. The molecule has 124 valence electrons. The Morgan fingerprint density at radius 3 is 2.58 bits per heavy atom. The van der Waals surface area contributed by atoms with E-state index >= 15 is 0 Å². The van der Waals surface area contributed by atoms with Crippen LogP contribution in [0.25, 0.3) is 6.08 Å². The fourth-order valence-electron chi connectivity index (χ4n) is 2.32. The van der Waals surface area contributed by atoms with Crippen molar-refractivity contribution < 1.29 is 19.0 Å². The second-order valence-electron chi connectivity index (χ2n) is 5.65. The van der Waals surface area contributed by atoms with Crippen LogP contribution in [0.3, 0.4) is 0 Å². The molecule has 0 spiro atoms. The highest BCUT2D eigenvalue weighted by molar-refractivity contribution is 6.07. The second-order valence-corrected chi connectivity index (χ2v) is 5.65. The molecule has 0 heterocycles. The maximum atomic E-state index is 12.4. The molecule has 3 rings (SSSR count). The highest BCUT2D eigenvalue weighted by atomic mass is 16.5. The molecule has 0 unspecified atom stereocenters. The van der Waals surface area contributed by atoms with Gasteiger partial charge in [0.05, 0.1) is 20.3 Å². The van der Waals surface area contributed by atoms with Gasteiger partial charge in [0.15, 0.2) is 5.78 Å². The van der Waals surface area contributed by atoms with Crippen molar-refractivity contribution >= 4 is 11.9 Å². The number of allylic oxidation sites excluding steroid dienone is 1. The lowest BCUT2D eigenvalue weighted by atomic mass is 10.1. The smallest absolute Gasteiger partial charge is 0.185 e. The van der Waals surface area contributed by atoms with Crippen molar-refractivity contribution in [3.63, 3.8) is 0 Å². The van der Waals surface area contributed by atoms with Crippen molar-refractivity contribution in [3.8, 4) is 17.2 Å². The second kappa shape index (κ2) is 7.21. The van der Waals surface area contributed by atoms with Gasteiger partial charge in [-0.25, -0.2) is 0 Å². The number of hydrogen-bond acceptors (Lipinski definition) is 4. The fraction of sp³-hybridized carbons (Fsp3) is 0.250.